The van der Waals surface area contributed by atoms with Crippen molar-refractivity contribution in [3.05, 3.63) is 71.6 Å². The topological polar surface area (TPSA) is 76.2 Å². The SMILES string of the molecule is Nc1c(C(=O)O)sc2nc(-c3ccccc3)cc(-c3ccccc3)c12.[LiH]. The Morgan fingerprint density at radius 3 is 2.12 bits per heavy atom. The number of aromatic nitrogens is 1. The molecule has 4 aromatic rings. The molecular formula is C20H15LiN2O2S. The molecule has 2 aromatic heterocycles. The zero-order chi connectivity index (χ0) is 17.4. The molecule has 4 rings (SSSR count). The van der Waals surface area contributed by atoms with Crippen LogP contribution < -0.4 is 5.73 Å². The summed E-state index contributed by atoms with van der Waals surface area (Å²) in [5, 5.41) is 10.1. The van der Waals surface area contributed by atoms with Gasteiger partial charge in [-0.05, 0) is 17.2 Å². The van der Waals surface area contributed by atoms with Crippen molar-refractivity contribution in [3.63, 3.8) is 0 Å². The summed E-state index contributed by atoms with van der Waals surface area (Å²) in [6, 6.07) is 21.6. The van der Waals surface area contributed by atoms with Crippen molar-refractivity contribution in [2.75, 3.05) is 5.73 Å². The molecule has 0 bridgehead atoms. The number of rotatable bonds is 3. The number of carboxylic acids is 1. The normalized spacial score (nSPS) is 10.5. The van der Waals surface area contributed by atoms with Gasteiger partial charge in [-0.1, -0.05) is 60.7 Å². The molecule has 0 unspecified atom stereocenters. The van der Waals surface area contributed by atoms with E-state index in [1.165, 1.54) is 0 Å². The first-order valence-electron chi connectivity index (χ1n) is 7.72. The van der Waals surface area contributed by atoms with Crippen LogP contribution in [0, 0.1) is 0 Å². The third-order valence-electron chi connectivity index (χ3n) is 4.05. The van der Waals surface area contributed by atoms with Crippen molar-refractivity contribution >= 4 is 52.1 Å². The van der Waals surface area contributed by atoms with Gasteiger partial charge in [-0.3, -0.25) is 0 Å². The van der Waals surface area contributed by atoms with Crippen LogP contribution in [0.15, 0.2) is 66.7 Å². The van der Waals surface area contributed by atoms with Gasteiger partial charge in [-0.15, -0.1) is 11.3 Å². The van der Waals surface area contributed by atoms with Gasteiger partial charge in [-0.2, -0.15) is 0 Å². The number of pyridine rings is 1. The van der Waals surface area contributed by atoms with Crippen LogP contribution >= 0.6 is 11.3 Å². The molecule has 2 heterocycles. The van der Waals surface area contributed by atoms with Gasteiger partial charge in [0.15, 0.2) is 0 Å². The molecule has 0 spiro atoms. The number of nitrogens with two attached hydrogens (primary N) is 1. The molecule has 26 heavy (non-hydrogen) atoms. The van der Waals surface area contributed by atoms with E-state index in [1.807, 2.05) is 66.7 Å². The molecular weight excluding hydrogens is 339 g/mol. The Bertz CT molecular complexity index is 1080. The number of anilines is 1. The molecule has 124 valence electrons. The van der Waals surface area contributed by atoms with Crippen molar-refractivity contribution in [2.45, 2.75) is 0 Å². The molecule has 0 aliphatic carbocycles. The van der Waals surface area contributed by atoms with Crippen molar-refractivity contribution in [3.8, 4) is 22.4 Å². The van der Waals surface area contributed by atoms with Gasteiger partial charge in [0.1, 0.15) is 9.71 Å². The number of hydrogen-bond donors (Lipinski definition) is 2. The van der Waals surface area contributed by atoms with E-state index in [2.05, 4.69) is 4.98 Å². The fourth-order valence-electron chi connectivity index (χ4n) is 2.88. The van der Waals surface area contributed by atoms with E-state index in [1.54, 1.807) is 0 Å². The Labute approximate surface area is 166 Å². The average molecular weight is 354 g/mol. The van der Waals surface area contributed by atoms with Crippen LogP contribution in [-0.4, -0.2) is 34.9 Å². The van der Waals surface area contributed by atoms with Gasteiger partial charge in [-0.25, -0.2) is 9.78 Å². The number of benzene rings is 2. The van der Waals surface area contributed by atoms with Crippen molar-refractivity contribution in [2.24, 2.45) is 0 Å². The summed E-state index contributed by atoms with van der Waals surface area (Å²) in [6.07, 6.45) is 0. The Hall–Kier alpha value is -2.58. The summed E-state index contributed by atoms with van der Waals surface area (Å²) in [5.74, 6) is -1.03. The maximum absolute atomic E-state index is 11.5. The predicted molar refractivity (Wildman–Crippen MR) is 109 cm³/mol. The molecule has 3 N–H and O–H groups in total. The van der Waals surface area contributed by atoms with Gasteiger partial charge in [0.05, 0.1) is 11.4 Å². The maximum atomic E-state index is 11.5. The Kier molecular flexibility index (Phi) is 5.15. The first-order chi connectivity index (χ1) is 12.1. The summed E-state index contributed by atoms with van der Waals surface area (Å²) in [7, 11) is 0. The first-order valence-corrected chi connectivity index (χ1v) is 8.54. The molecule has 4 nitrogen and oxygen atoms in total. The summed E-state index contributed by atoms with van der Waals surface area (Å²) >= 11 is 1.11. The molecule has 0 saturated carbocycles. The molecule has 2 aromatic carbocycles. The van der Waals surface area contributed by atoms with E-state index in [0.717, 1.165) is 33.7 Å². The number of nitrogen functional groups attached to an aromatic ring is 1. The van der Waals surface area contributed by atoms with Crippen molar-refractivity contribution in [1.82, 2.24) is 4.98 Å². The number of carboxylic acid groups (broad SMARTS) is 1. The Morgan fingerprint density at radius 1 is 0.962 bits per heavy atom. The quantitative estimate of drug-likeness (QED) is 0.539. The second-order valence-electron chi connectivity index (χ2n) is 5.62. The van der Waals surface area contributed by atoms with E-state index in [4.69, 9.17) is 5.73 Å². The third kappa shape index (κ3) is 3.13. The minimum absolute atomic E-state index is 0. The van der Waals surface area contributed by atoms with Gasteiger partial charge in [0.25, 0.3) is 0 Å². The zero-order valence-corrected chi connectivity index (χ0v) is 14.0. The zero-order valence-electron chi connectivity index (χ0n) is 13.1. The molecule has 0 aliphatic rings. The minimum atomic E-state index is -1.03. The van der Waals surface area contributed by atoms with Gasteiger partial charge < -0.3 is 10.8 Å². The van der Waals surface area contributed by atoms with Crippen LogP contribution in [-0.2, 0) is 0 Å². The van der Waals surface area contributed by atoms with Crippen LogP contribution in [0.1, 0.15) is 9.67 Å². The fourth-order valence-corrected chi connectivity index (χ4v) is 3.84. The second-order valence-corrected chi connectivity index (χ2v) is 6.62. The molecule has 0 fully saturated rings. The monoisotopic (exact) mass is 354 g/mol. The fraction of sp³-hybridized carbons (Fsp3) is 0. The Morgan fingerprint density at radius 2 is 1.54 bits per heavy atom. The number of hydrogen-bond acceptors (Lipinski definition) is 4. The summed E-state index contributed by atoms with van der Waals surface area (Å²) in [6.45, 7) is 0. The van der Waals surface area contributed by atoms with E-state index in [-0.39, 0.29) is 29.4 Å². The Balaban J connectivity index is 0.00000196. The molecule has 0 aliphatic heterocycles. The summed E-state index contributed by atoms with van der Waals surface area (Å²) < 4.78 is 0. The first kappa shape index (κ1) is 18.2. The van der Waals surface area contributed by atoms with E-state index < -0.39 is 5.97 Å². The summed E-state index contributed by atoms with van der Waals surface area (Å²) in [4.78, 5) is 16.9. The standard InChI is InChI=1S/C20H14N2O2S.Li.H/c21-17-16-14(12-7-3-1-4-8-12)11-15(13-9-5-2-6-10-13)22-19(16)25-18(17)20(23)24;;/h1-11H,21H2,(H,23,24);;. The molecule has 6 heteroatoms. The van der Waals surface area contributed by atoms with Gasteiger partial charge in [0.2, 0.25) is 0 Å². The van der Waals surface area contributed by atoms with Crippen LogP contribution in [0.5, 0.6) is 0 Å². The van der Waals surface area contributed by atoms with Crippen molar-refractivity contribution < 1.29 is 9.90 Å². The number of carbonyl (C=O) groups is 1. The molecule has 0 atom stereocenters. The van der Waals surface area contributed by atoms with E-state index in [9.17, 15) is 9.90 Å². The molecule has 0 amide bonds. The number of nitrogens with zero attached hydrogens (tertiary/aromatic N) is 1. The number of fused-ring (bicyclic) bond motifs is 1. The van der Waals surface area contributed by atoms with Crippen LogP contribution in [0.3, 0.4) is 0 Å². The van der Waals surface area contributed by atoms with Crippen LogP contribution in [0.2, 0.25) is 0 Å². The van der Waals surface area contributed by atoms with Gasteiger partial charge in [0, 0.05) is 10.9 Å². The molecule has 0 radical (unpaired) electrons. The number of thiophene rings is 1. The van der Waals surface area contributed by atoms with E-state index >= 15 is 0 Å². The third-order valence-corrected chi connectivity index (χ3v) is 5.13. The van der Waals surface area contributed by atoms with Crippen LogP contribution in [0.4, 0.5) is 5.69 Å². The predicted octanol–water partition coefficient (Wildman–Crippen LogP) is 4.26. The van der Waals surface area contributed by atoms with Crippen LogP contribution in [0.25, 0.3) is 32.6 Å². The number of aromatic carboxylic acids is 1. The van der Waals surface area contributed by atoms with Gasteiger partial charge >= 0.3 is 24.8 Å². The van der Waals surface area contributed by atoms with Crippen molar-refractivity contribution in [1.29, 1.82) is 0 Å². The van der Waals surface area contributed by atoms with E-state index in [0.29, 0.717) is 10.2 Å². The second kappa shape index (κ2) is 7.34. The summed E-state index contributed by atoms with van der Waals surface area (Å²) in [5.41, 5.74) is 10.1. The molecule has 0 saturated heterocycles. The average Bonchev–Trinajstić information content (AvgIpc) is 2.99.